The fourth-order valence-corrected chi connectivity index (χ4v) is 10.8. The Morgan fingerprint density at radius 2 is 1.46 bits per heavy atom. The van der Waals surface area contributed by atoms with Crippen LogP contribution in [0, 0.1) is 0 Å². The van der Waals surface area contributed by atoms with Gasteiger partial charge in [-0.2, -0.15) is 8.42 Å². The third-order valence-corrected chi connectivity index (χ3v) is 18.7. The SMILES string of the molecule is C=CCOc1ccc(CC(CCCCCCC)O[Si](C)(C)C(C)(C)C)cc1C(O)c1ccccc1-c1ccc(Sc2ccc(OCCCC)cc2)c(S(=O)(=O)Oc2ccccc2)c1. The molecule has 0 saturated heterocycles. The molecule has 0 radical (unpaired) electrons. The Kier molecular flexibility index (Phi) is 18.6. The molecule has 0 aromatic heterocycles. The van der Waals surface area contributed by atoms with Crippen molar-refractivity contribution in [1.29, 1.82) is 0 Å². The number of ether oxygens (including phenoxy) is 2. The highest BCUT2D eigenvalue weighted by Crippen LogP contribution is 2.42. The Morgan fingerprint density at radius 3 is 2.16 bits per heavy atom. The summed E-state index contributed by atoms with van der Waals surface area (Å²) in [6.07, 6.45) is 10.3. The smallest absolute Gasteiger partial charge is 0.340 e. The zero-order valence-corrected chi connectivity index (χ0v) is 41.0. The molecule has 0 saturated carbocycles. The van der Waals surface area contributed by atoms with E-state index < -0.39 is 24.5 Å². The van der Waals surface area contributed by atoms with Crippen LogP contribution in [0.1, 0.15) is 109 Å². The Morgan fingerprint density at radius 1 is 0.762 bits per heavy atom. The van der Waals surface area contributed by atoms with Crippen molar-refractivity contribution in [3.8, 4) is 28.4 Å². The van der Waals surface area contributed by atoms with E-state index in [-0.39, 0.29) is 28.4 Å². The summed E-state index contributed by atoms with van der Waals surface area (Å²) in [5.74, 6) is 1.53. The second-order valence-corrected chi connectivity index (χ2v) is 25.0. The van der Waals surface area contributed by atoms with Crippen LogP contribution in [0.15, 0.2) is 143 Å². The molecule has 0 fully saturated rings. The van der Waals surface area contributed by atoms with Crippen molar-refractivity contribution in [2.75, 3.05) is 13.2 Å². The number of unbranched alkanes of at least 4 members (excludes halogenated alkanes) is 5. The zero-order chi connectivity index (χ0) is 45.5. The molecule has 5 rings (SSSR count). The summed E-state index contributed by atoms with van der Waals surface area (Å²) < 4.78 is 53.3. The molecule has 2 atom stereocenters. The highest BCUT2D eigenvalue weighted by molar-refractivity contribution is 8.00. The highest BCUT2D eigenvalue weighted by atomic mass is 32.2. The molecule has 0 aliphatic heterocycles. The van der Waals surface area contributed by atoms with Crippen molar-refractivity contribution in [2.45, 2.75) is 137 Å². The average Bonchev–Trinajstić information content (AvgIpc) is 3.26. The van der Waals surface area contributed by atoms with E-state index in [4.69, 9.17) is 18.1 Å². The standard InChI is InChI=1S/C53H68O7S2Si/c1-9-12-14-15-17-24-44(60-63(7,8)53(4,5)6)37-40-27-33-49(58-35-11-3)48(38-40)52(54)47-26-21-20-25-46(47)41-28-34-50(61-45-31-29-42(30-32-45)57-36-13-10-2)51(39-41)62(55,56)59-43-22-18-16-19-23-43/h11,16,18-23,25-34,38-39,44,52,54H,3,9-10,12-15,17,24,35-37H2,1-2,4-8H3. The molecule has 338 valence electrons. The van der Waals surface area contributed by atoms with Crippen molar-refractivity contribution in [3.63, 3.8) is 0 Å². The highest BCUT2D eigenvalue weighted by Gasteiger charge is 2.39. The van der Waals surface area contributed by atoms with Gasteiger partial charge < -0.3 is 23.2 Å². The molecule has 0 bridgehead atoms. The van der Waals surface area contributed by atoms with Crippen molar-refractivity contribution < 1.29 is 31.6 Å². The molecule has 0 aliphatic carbocycles. The van der Waals surface area contributed by atoms with E-state index >= 15 is 0 Å². The topological polar surface area (TPSA) is 91.3 Å². The van der Waals surface area contributed by atoms with Crippen LogP contribution in [0.3, 0.4) is 0 Å². The molecule has 1 N–H and O–H groups in total. The van der Waals surface area contributed by atoms with Crippen LogP contribution < -0.4 is 13.7 Å². The van der Waals surface area contributed by atoms with Crippen molar-refractivity contribution in [2.24, 2.45) is 0 Å². The van der Waals surface area contributed by atoms with Gasteiger partial charge in [0.1, 0.15) is 34.9 Å². The van der Waals surface area contributed by atoms with Crippen molar-refractivity contribution in [1.82, 2.24) is 0 Å². The minimum absolute atomic E-state index is 0.0147. The van der Waals surface area contributed by atoms with E-state index in [2.05, 4.69) is 60.4 Å². The first-order chi connectivity index (χ1) is 30.2. The van der Waals surface area contributed by atoms with E-state index in [1.807, 2.05) is 66.7 Å². The van der Waals surface area contributed by atoms with Gasteiger partial charge in [0.2, 0.25) is 0 Å². The van der Waals surface area contributed by atoms with Crippen LogP contribution in [0.25, 0.3) is 11.1 Å². The second kappa shape index (κ2) is 23.6. The number of benzene rings is 5. The van der Waals surface area contributed by atoms with Gasteiger partial charge in [-0.3, -0.25) is 0 Å². The lowest BCUT2D eigenvalue weighted by atomic mass is 9.91. The Labute approximate surface area is 383 Å². The number of aliphatic hydroxyl groups is 1. The first-order valence-electron chi connectivity index (χ1n) is 22.5. The molecule has 0 spiro atoms. The first-order valence-corrected chi connectivity index (χ1v) is 27.6. The fraction of sp³-hybridized carbons (Fsp3) is 0.396. The van der Waals surface area contributed by atoms with Crippen LogP contribution in [0.5, 0.6) is 17.2 Å². The summed E-state index contributed by atoms with van der Waals surface area (Å²) in [6.45, 7) is 20.6. The maximum absolute atomic E-state index is 14.2. The van der Waals surface area contributed by atoms with E-state index in [0.29, 0.717) is 45.9 Å². The van der Waals surface area contributed by atoms with E-state index in [9.17, 15) is 13.5 Å². The molecule has 0 heterocycles. The molecular weight excluding hydrogens is 841 g/mol. The minimum Gasteiger partial charge on any atom is -0.494 e. The summed E-state index contributed by atoms with van der Waals surface area (Å²) in [5.41, 5.74) is 3.56. The van der Waals surface area contributed by atoms with E-state index in [0.717, 1.165) is 41.9 Å². The summed E-state index contributed by atoms with van der Waals surface area (Å²) in [5, 5.41) is 12.5. The Bertz CT molecular complexity index is 2300. The third-order valence-electron chi connectivity index (χ3n) is 11.6. The minimum atomic E-state index is -4.32. The van der Waals surface area contributed by atoms with Gasteiger partial charge in [-0.1, -0.05) is 152 Å². The maximum atomic E-state index is 14.2. The predicted molar refractivity (Wildman–Crippen MR) is 262 cm³/mol. The van der Waals surface area contributed by atoms with Gasteiger partial charge >= 0.3 is 10.1 Å². The number of rotatable bonds is 25. The number of aliphatic hydroxyl groups excluding tert-OH is 1. The lowest BCUT2D eigenvalue weighted by Gasteiger charge is -2.39. The van der Waals surface area contributed by atoms with Gasteiger partial charge in [0, 0.05) is 21.5 Å². The molecule has 63 heavy (non-hydrogen) atoms. The summed E-state index contributed by atoms with van der Waals surface area (Å²) in [4.78, 5) is 1.36. The van der Waals surface area contributed by atoms with Crippen LogP contribution in [-0.4, -0.2) is 41.2 Å². The average molecular weight is 909 g/mol. The third kappa shape index (κ3) is 14.3. The Balaban J connectivity index is 1.53. The van der Waals surface area contributed by atoms with E-state index in [1.54, 1.807) is 48.5 Å². The quantitative estimate of drug-likeness (QED) is 0.0268. The normalized spacial score (nSPS) is 13.0. The van der Waals surface area contributed by atoms with Crippen LogP contribution in [-0.2, 0) is 21.0 Å². The van der Waals surface area contributed by atoms with Crippen LogP contribution in [0.4, 0.5) is 0 Å². The molecule has 0 aliphatic rings. The van der Waals surface area contributed by atoms with Gasteiger partial charge in [0.05, 0.1) is 6.61 Å². The van der Waals surface area contributed by atoms with Crippen molar-refractivity contribution >= 4 is 30.2 Å². The molecular formula is C53H68O7S2Si. The van der Waals surface area contributed by atoms with Crippen molar-refractivity contribution in [3.05, 3.63) is 145 Å². The number of hydrogen-bond donors (Lipinski definition) is 1. The molecule has 7 nitrogen and oxygen atoms in total. The maximum Gasteiger partial charge on any atom is 0.340 e. The van der Waals surface area contributed by atoms with Gasteiger partial charge in [0.25, 0.3) is 0 Å². The van der Waals surface area contributed by atoms with E-state index in [1.165, 1.54) is 37.4 Å². The molecule has 5 aromatic rings. The molecule has 10 heteroatoms. The van der Waals surface area contributed by atoms with Gasteiger partial charge in [-0.25, -0.2) is 0 Å². The second-order valence-electron chi connectivity index (χ2n) is 17.7. The summed E-state index contributed by atoms with van der Waals surface area (Å²) >= 11 is 1.33. The monoisotopic (exact) mass is 908 g/mol. The van der Waals surface area contributed by atoms with Gasteiger partial charge in [-0.05, 0) is 120 Å². The largest absolute Gasteiger partial charge is 0.494 e. The molecule has 5 aromatic carbocycles. The van der Waals surface area contributed by atoms with Gasteiger partial charge in [0.15, 0.2) is 8.32 Å². The van der Waals surface area contributed by atoms with Crippen LogP contribution in [0.2, 0.25) is 18.1 Å². The lowest BCUT2D eigenvalue weighted by molar-refractivity contribution is 0.167. The lowest BCUT2D eigenvalue weighted by Crippen LogP contribution is -2.44. The fourth-order valence-electron chi connectivity index (χ4n) is 7.09. The number of hydrogen-bond acceptors (Lipinski definition) is 8. The van der Waals surface area contributed by atoms with Gasteiger partial charge in [-0.15, -0.1) is 0 Å². The number of para-hydroxylation sites is 1. The van der Waals surface area contributed by atoms with Crippen LogP contribution >= 0.6 is 11.8 Å². The summed E-state index contributed by atoms with van der Waals surface area (Å²) in [6, 6.07) is 35.1. The molecule has 0 amide bonds. The first kappa shape index (κ1) is 49.7. The Hall–Kier alpha value is -4.32. The molecule has 2 unspecified atom stereocenters. The predicted octanol–water partition coefficient (Wildman–Crippen LogP) is 14.4. The summed E-state index contributed by atoms with van der Waals surface area (Å²) in [7, 11) is -6.40. The zero-order valence-electron chi connectivity index (χ0n) is 38.4.